The van der Waals surface area contributed by atoms with Gasteiger partial charge in [-0.05, 0) is 5.21 Å². The monoisotopic (exact) mass is 173 g/mol. The Bertz CT molecular complexity index is 440. The van der Waals surface area contributed by atoms with Crippen LogP contribution in [-0.4, -0.2) is 30.6 Å². The number of nitriles is 1. The van der Waals surface area contributed by atoms with Crippen LogP contribution in [0.1, 0.15) is 5.69 Å². The van der Waals surface area contributed by atoms with Crippen molar-refractivity contribution in [3.8, 4) is 17.6 Å². The van der Waals surface area contributed by atoms with E-state index in [1.807, 2.05) is 6.07 Å². The minimum atomic E-state index is 0.184. The molecule has 0 aliphatic carbocycles. The molecular weight excluding hydrogens is 170 g/mol. The number of aromatic amines is 1. The number of nitrogens with zero attached hydrogens (tertiary/aromatic N) is 6. The molecular formula is C6H3N7. The quantitative estimate of drug-likeness (QED) is 0.625. The van der Waals surface area contributed by atoms with Crippen molar-refractivity contribution < 1.29 is 0 Å². The van der Waals surface area contributed by atoms with Crippen LogP contribution in [0.3, 0.4) is 0 Å². The molecule has 0 unspecified atom stereocenters. The summed E-state index contributed by atoms with van der Waals surface area (Å²) in [6.07, 6.45) is 2.90. The van der Waals surface area contributed by atoms with E-state index in [0.717, 1.165) is 0 Å². The van der Waals surface area contributed by atoms with Gasteiger partial charge in [0.25, 0.3) is 0 Å². The Morgan fingerprint density at radius 2 is 2.15 bits per heavy atom. The summed E-state index contributed by atoms with van der Waals surface area (Å²) in [5.74, 6) is 0.268. The molecule has 0 radical (unpaired) electrons. The van der Waals surface area contributed by atoms with Crippen molar-refractivity contribution in [1.82, 2.24) is 30.6 Å². The first kappa shape index (κ1) is 7.30. The minimum Gasteiger partial charge on any atom is -0.248 e. The summed E-state index contributed by atoms with van der Waals surface area (Å²) in [6.45, 7) is 0. The Kier molecular flexibility index (Phi) is 1.65. The predicted octanol–water partition coefficient (Wildman–Crippen LogP) is -0.472. The van der Waals surface area contributed by atoms with Gasteiger partial charge < -0.3 is 0 Å². The molecule has 2 aromatic rings. The second kappa shape index (κ2) is 2.94. The van der Waals surface area contributed by atoms with E-state index >= 15 is 0 Å². The molecule has 0 atom stereocenters. The van der Waals surface area contributed by atoms with Gasteiger partial charge in [0.05, 0.1) is 0 Å². The maximum Gasteiger partial charge on any atom is 0.225 e. The second-order valence-electron chi connectivity index (χ2n) is 2.10. The molecule has 0 saturated carbocycles. The minimum absolute atomic E-state index is 0.184. The summed E-state index contributed by atoms with van der Waals surface area (Å²) in [5.41, 5.74) is 0.516. The molecule has 0 aliphatic rings. The average Bonchev–Trinajstić information content (AvgIpc) is 2.70. The normalized spacial score (nSPS) is 9.46. The van der Waals surface area contributed by atoms with Crippen molar-refractivity contribution in [1.29, 1.82) is 5.26 Å². The van der Waals surface area contributed by atoms with Crippen LogP contribution in [0.4, 0.5) is 0 Å². The van der Waals surface area contributed by atoms with Crippen molar-refractivity contribution in [3.05, 3.63) is 18.1 Å². The van der Waals surface area contributed by atoms with Gasteiger partial charge in [-0.1, -0.05) is 0 Å². The molecule has 0 amide bonds. The largest absolute Gasteiger partial charge is 0.248 e. The van der Waals surface area contributed by atoms with Crippen molar-refractivity contribution in [2.24, 2.45) is 0 Å². The Labute approximate surface area is 72.5 Å². The summed E-state index contributed by atoms with van der Waals surface area (Å²) >= 11 is 0. The van der Waals surface area contributed by atoms with E-state index in [9.17, 15) is 0 Å². The molecule has 2 aromatic heterocycles. The van der Waals surface area contributed by atoms with Crippen LogP contribution in [-0.2, 0) is 0 Å². The lowest BCUT2D eigenvalue weighted by Crippen LogP contribution is -1.93. The lowest BCUT2D eigenvalue weighted by atomic mass is 10.3. The Balaban J connectivity index is 2.59. The first-order valence-electron chi connectivity index (χ1n) is 3.36. The van der Waals surface area contributed by atoms with E-state index in [2.05, 4.69) is 30.6 Å². The topological polar surface area (TPSA) is 104 Å². The number of nitrogens with one attached hydrogen (secondary N) is 1. The molecule has 0 aliphatic heterocycles. The molecule has 2 heterocycles. The number of hydrogen-bond donors (Lipinski definition) is 1. The molecule has 2 rings (SSSR count). The fraction of sp³-hybridized carbons (Fsp3) is 0. The fourth-order valence-electron chi connectivity index (χ4n) is 0.846. The summed E-state index contributed by atoms with van der Waals surface area (Å²) in [7, 11) is 0. The van der Waals surface area contributed by atoms with Gasteiger partial charge in [-0.2, -0.15) is 10.5 Å². The van der Waals surface area contributed by atoms with Gasteiger partial charge in [-0.3, -0.25) is 0 Å². The molecule has 0 saturated heterocycles. The SMILES string of the molecule is N#Cc1nccnc1-c1nn[nH]n1. The zero-order chi connectivity index (χ0) is 9.10. The first-order valence-corrected chi connectivity index (χ1v) is 3.36. The van der Waals surface area contributed by atoms with E-state index in [4.69, 9.17) is 5.26 Å². The van der Waals surface area contributed by atoms with Gasteiger partial charge in [0.2, 0.25) is 5.82 Å². The molecule has 0 aromatic carbocycles. The van der Waals surface area contributed by atoms with Crippen molar-refractivity contribution >= 4 is 0 Å². The molecule has 7 nitrogen and oxygen atoms in total. The third-order valence-electron chi connectivity index (χ3n) is 1.36. The smallest absolute Gasteiger partial charge is 0.225 e. The predicted molar refractivity (Wildman–Crippen MR) is 39.9 cm³/mol. The molecule has 0 fully saturated rings. The van der Waals surface area contributed by atoms with E-state index in [0.29, 0.717) is 5.69 Å². The Hall–Kier alpha value is -2.36. The highest BCUT2D eigenvalue weighted by molar-refractivity contribution is 5.55. The van der Waals surface area contributed by atoms with E-state index < -0.39 is 0 Å². The van der Waals surface area contributed by atoms with Crippen LogP contribution in [0, 0.1) is 11.3 Å². The molecule has 0 bridgehead atoms. The highest BCUT2D eigenvalue weighted by Gasteiger charge is 2.10. The number of hydrogen-bond acceptors (Lipinski definition) is 6. The molecule has 7 heteroatoms. The van der Waals surface area contributed by atoms with E-state index in [-0.39, 0.29) is 11.5 Å². The van der Waals surface area contributed by atoms with Crippen LogP contribution in [0.15, 0.2) is 12.4 Å². The molecule has 1 N–H and O–H groups in total. The van der Waals surface area contributed by atoms with Gasteiger partial charge in [0.1, 0.15) is 11.8 Å². The third kappa shape index (κ3) is 1.20. The lowest BCUT2D eigenvalue weighted by molar-refractivity contribution is 0.881. The molecule has 13 heavy (non-hydrogen) atoms. The van der Waals surface area contributed by atoms with Crippen molar-refractivity contribution in [2.75, 3.05) is 0 Å². The Morgan fingerprint density at radius 3 is 2.85 bits per heavy atom. The van der Waals surface area contributed by atoms with Crippen LogP contribution < -0.4 is 0 Å². The number of tetrazole rings is 1. The van der Waals surface area contributed by atoms with Gasteiger partial charge in [0, 0.05) is 12.4 Å². The maximum atomic E-state index is 8.68. The van der Waals surface area contributed by atoms with Crippen molar-refractivity contribution in [2.45, 2.75) is 0 Å². The first-order chi connectivity index (χ1) is 6.42. The average molecular weight is 173 g/mol. The van der Waals surface area contributed by atoms with Crippen LogP contribution in [0.2, 0.25) is 0 Å². The standard InChI is InChI=1S/C6H3N7/c7-3-4-5(9-2-1-8-4)6-10-12-13-11-6/h1-2H,(H,10,11,12,13). The van der Waals surface area contributed by atoms with E-state index in [1.165, 1.54) is 12.4 Å². The van der Waals surface area contributed by atoms with E-state index in [1.54, 1.807) is 0 Å². The third-order valence-corrected chi connectivity index (χ3v) is 1.36. The van der Waals surface area contributed by atoms with Crippen LogP contribution in [0.5, 0.6) is 0 Å². The zero-order valence-electron chi connectivity index (χ0n) is 6.34. The fourth-order valence-corrected chi connectivity index (χ4v) is 0.846. The highest BCUT2D eigenvalue weighted by Crippen LogP contribution is 2.11. The van der Waals surface area contributed by atoms with Gasteiger partial charge >= 0.3 is 0 Å². The summed E-state index contributed by atoms with van der Waals surface area (Å²) in [5, 5.41) is 21.7. The summed E-state index contributed by atoms with van der Waals surface area (Å²) in [4.78, 5) is 7.73. The maximum absolute atomic E-state index is 8.68. The second-order valence-corrected chi connectivity index (χ2v) is 2.10. The number of H-pyrrole nitrogens is 1. The summed E-state index contributed by atoms with van der Waals surface area (Å²) < 4.78 is 0. The van der Waals surface area contributed by atoms with Crippen molar-refractivity contribution in [3.63, 3.8) is 0 Å². The number of aromatic nitrogens is 6. The van der Waals surface area contributed by atoms with Crippen LogP contribution in [0.25, 0.3) is 11.5 Å². The van der Waals surface area contributed by atoms with Gasteiger partial charge in [0.15, 0.2) is 5.69 Å². The van der Waals surface area contributed by atoms with Gasteiger partial charge in [-0.15, -0.1) is 10.2 Å². The van der Waals surface area contributed by atoms with Crippen LogP contribution >= 0.6 is 0 Å². The summed E-state index contributed by atoms with van der Waals surface area (Å²) in [6, 6.07) is 1.89. The van der Waals surface area contributed by atoms with Gasteiger partial charge in [-0.25, -0.2) is 9.97 Å². The Morgan fingerprint density at radius 1 is 1.31 bits per heavy atom. The lowest BCUT2D eigenvalue weighted by Gasteiger charge is -1.93. The highest BCUT2D eigenvalue weighted by atomic mass is 15.5. The number of rotatable bonds is 1. The molecule has 0 spiro atoms. The molecule has 62 valence electrons. The zero-order valence-corrected chi connectivity index (χ0v) is 6.34.